The van der Waals surface area contributed by atoms with Crippen molar-refractivity contribution in [2.75, 3.05) is 33.0 Å². The van der Waals surface area contributed by atoms with E-state index in [1.807, 2.05) is 12.1 Å². The Morgan fingerprint density at radius 1 is 1.10 bits per heavy atom. The third kappa shape index (κ3) is 2.93. The minimum atomic E-state index is -0.762. The molecule has 5 nitrogen and oxygen atoms in total. The molecule has 1 fully saturated rings. The molecule has 1 saturated heterocycles. The summed E-state index contributed by atoms with van der Waals surface area (Å²) in [4.78, 5) is 0. The fraction of sp³-hybridized carbons (Fsp3) is 0.571. The van der Waals surface area contributed by atoms with E-state index in [2.05, 4.69) is 15.9 Å². The molecule has 2 heterocycles. The third-order valence-electron chi connectivity index (χ3n) is 3.38. The van der Waals surface area contributed by atoms with Crippen molar-refractivity contribution in [2.45, 2.75) is 18.6 Å². The normalized spacial score (nSPS) is 24.0. The second-order valence-electron chi connectivity index (χ2n) is 4.80. The molecule has 2 unspecified atom stereocenters. The van der Waals surface area contributed by atoms with Gasteiger partial charge in [-0.3, -0.25) is 0 Å². The van der Waals surface area contributed by atoms with Crippen LogP contribution in [0.1, 0.15) is 18.1 Å². The van der Waals surface area contributed by atoms with Crippen molar-refractivity contribution in [3.63, 3.8) is 0 Å². The lowest BCUT2D eigenvalue weighted by molar-refractivity contribution is -0.133. The van der Waals surface area contributed by atoms with Gasteiger partial charge in [-0.05, 0) is 12.1 Å². The van der Waals surface area contributed by atoms with Gasteiger partial charge in [0.2, 0.25) is 0 Å². The highest BCUT2D eigenvalue weighted by atomic mass is 79.9. The van der Waals surface area contributed by atoms with E-state index in [4.69, 9.17) is 18.9 Å². The van der Waals surface area contributed by atoms with Crippen LogP contribution < -0.4 is 9.47 Å². The van der Waals surface area contributed by atoms with Gasteiger partial charge in [-0.1, -0.05) is 15.9 Å². The number of hydrogen-bond acceptors (Lipinski definition) is 5. The highest BCUT2D eigenvalue weighted by Gasteiger charge is 2.28. The van der Waals surface area contributed by atoms with Gasteiger partial charge in [0, 0.05) is 16.5 Å². The zero-order valence-electron chi connectivity index (χ0n) is 11.0. The number of aliphatic hydroxyl groups is 1. The Labute approximate surface area is 125 Å². The highest BCUT2D eigenvalue weighted by Crippen LogP contribution is 2.38. The first kappa shape index (κ1) is 14.1. The van der Waals surface area contributed by atoms with Crippen LogP contribution in [-0.2, 0) is 9.47 Å². The summed E-state index contributed by atoms with van der Waals surface area (Å²) in [6, 6.07) is 3.65. The molecule has 0 aromatic heterocycles. The molecule has 0 radical (unpaired) electrons. The Balaban J connectivity index is 1.86. The summed E-state index contributed by atoms with van der Waals surface area (Å²) in [7, 11) is 0. The molecule has 6 heteroatoms. The number of aliphatic hydroxyl groups excluding tert-OH is 1. The van der Waals surface area contributed by atoms with E-state index in [9.17, 15) is 5.11 Å². The maximum Gasteiger partial charge on any atom is 0.162 e. The summed E-state index contributed by atoms with van der Waals surface area (Å²) >= 11 is 3.48. The lowest BCUT2D eigenvalue weighted by atomic mass is 10.0. The molecule has 1 aromatic rings. The predicted octanol–water partition coefficient (Wildman–Crippen LogP) is 2.06. The Kier molecular flexibility index (Phi) is 4.45. The highest BCUT2D eigenvalue weighted by molar-refractivity contribution is 9.10. The summed E-state index contributed by atoms with van der Waals surface area (Å²) in [6.45, 7) is 2.73. The van der Waals surface area contributed by atoms with Crippen LogP contribution in [0.15, 0.2) is 16.6 Å². The first-order chi connectivity index (χ1) is 9.75. The van der Waals surface area contributed by atoms with E-state index in [1.165, 1.54) is 0 Å². The van der Waals surface area contributed by atoms with Gasteiger partial charge in [0.05, 0.1) is 33.0 Å². The summed E-state index contributed by atoms with van der Waals surface area (Å²) in [5.41, 5.74) is 0.727. The number of rotatable bonds is 2. The molecule has 0 saturated carbocycles. The van der Waals surface area contributed by atoms with E-state index in [-0.39, 0.29) is 6.10 Å². The van der Waals surface area contributed by atoms with Crippen molar-refractivity contribution >= 4 is 15.9 Å². The van der Waals surface area contributed by atoms with E-state index < -0.39 is 6.10 Å². The van der Waals surface area contributed by atoms with Gasteiger partial charge in [-0.25, -0.2) is 0 Å². The fourth-order valence-electron chi connectivity index (χ4n) is 2.31. The molecule has 20 heavy (non-hydrogen) atoms. The lowest BCUT2D eigenvalue weighted by Gasteiger charge is -2.28. The second-order valence-corrected chi connectivity index (χ2v) is 5.65. The minimum Gasteiger partial charge on any atom is -0.490 e. The number of halogens is 1. The molecular weight excluding hydrogens is 328 g/mol. The fourth-order valence-corrected chi connectivity index (χ4v) is 2.87. The Morgan fingerprint density at radius 3 is 2.55 bits per heavy atom. The zero-order valence-corrected chi connectivity index (χ0v) is 12.6. The molecule has 3 rings (SSSR count). The Bertz CT molecular complexity index is 473. The number of hydrogen-bond donors (Lipinski definition) is 1. The van der Waals surface area contributed by atoms with Crippen molar-refractivity contribution in [3.8, 4) is 11.5 Å². The third-order valence-corrected chi connectivity index (χ3v) is 4.07. The van der Waals surface area contributed by atoms with Crippen molar-refractivity contribution in [3.05, 3.63) is 22.2 Å². The number of fused-ring (bicyclic) bond motifs is 1. The number of benzene rings is 1. The molecule has 1 aromatic carbocycles. The van der Waals surface area contributed by atoms with E-state index in [1.54, 1.807) is 0 Å². The lowest BCUT2D eigenvalue weighted by Crippen LogP contribution is -2.34. The van der Waals surface area contributed by atoms with E-state index >= 15 is 0 Å². The van der Waals surface area contributed by atoms with Crippen molar-refractivity contribution in [1.82, 2.24) is 0 Å². The first-order valence-electron chi connectivity index (χ1n) is 6.72. The molecule has 0 bridgehead atoms. The van der Waals surface area contributed by atoms with Gasteiger partial charge in [0.25, 0.3) is 0 Å². The van der Waals surface area contributed by atoms with Crippen molar-refractivity contribution < 1.29 is 24.1 Å². The average Bonchev–Trinajstić information content (AvgIpc) is 2.71. The molecule has 0 amide bonds. The largest absolute Gasteiger partial charge is 0.490 e. The zero-order chi connectivity index (χ0) is 13.9. The van der Waals surface area contributed by atoms with Gasteiger partial charge in [-0.2, -0.15) is 0 Å². The Morgan fingerprint density at radius 2 is 1.85 bits per heavy atom. The average molecular weight is 345 g/mol. The van der Waals surface area contributed by atoms with E-state index in [0.717, 1.165) is 16.5 Å². The van der Waals surface area contributed by atoms with Crippen LogP contribution in [0.5, 0.6) is 11.5 Å². The summed E-state index contributed by atoms with van der Waals surface area (Å²) in [5, 5.41) is 10.5. The summed E-state index contributed by atoms with van der Waals surface area (Å²) in [5.74, 6) is 1.36. The monoisotopic (exact) mass is 344 g/mol. The smallest absolute Gasteiger partial charge is 0.162 e. The van der Waals surface area contributed by atoms with Crippen LogP contribution in [0, 0.1) is 0 Å². The molecular formula is C14H17BrO5. The predicted molar refractivity (Wildman–Crippen MR) is 75.3 cm³/mol. The SMILES string of the molecule is OC(c1cc2c(cc1Br)OCCCO2)C1COCCO1. The van der Waals surface area contributed by atoms with Gasteiger partial charge in [0.1, 0.15) is 12.2 Å². The van der Waals surface area contributed by atoms with E-state index in [0.29, 0.717) is 44.5 Å². The molecule has 110 valence electrons. The maximum absolute atomic E-state index is 10.5. The van der Waals surface area contributed by atoms with Crippen LogP contribution in [0.25, 0.3) is 0 Å². The van der Waals surface area contributed by atoms with Crippen LogP contribution in [0.3, 0.4) is 0 Å². The van der Waals surface area contributed by atoms with Crippen LogP contribution in [0.2, 0.25) is 0 Å². The summed E-state index contributed by atoms with van der Waals surface area (Å²) < 4.78 is 22.9. The number of ether oxygens (including phenoxy) is 4. The molecule has 0 spiro atoms. The van der Waals surface area contributed by atoms with Gasteiger partial charge < -0.3 is 24.1 Å². The van der Waals surface area contributed by atoms with Crippen molar-refractivity contribution in [1.29, 1.82) is 0 Å². The van der Waals surface area contributed by atoms with Gasteiger partial charge in [-0.15, -0.1) is 0 Å². The topological polar surface area (TPSA) is 57.2 Å². The molecule has 2 atom stereocenters. The summed E-state index contributed by atoms with van der Waals surface area (Å²) in [6.07, 6.45) is -0.268. The molecule has 0 aliphatic carbocycles. The van der Waals surface area contributed by atoms with Crippen molar-refractivity contribution in [2.24, 2.45) is 0 Å². The second kappa shape index (κ2) is 6.30. The van der Waals surface area contributed by atoms with Crippen LogP contribution >= 0.6 is 15.9 Å². The first-order valence-corrected chi connectivity index (χ1v) is 7.51. The maximum atomic E-state index is 10.5. The quantitative estimate of drug-likeness (QED) is 0.889. The molecule has 2 aliphatic heterocycles. The molecule has 2 aliphatic rings. The standard InChI is InChI=1S/C14H17BrO5/c15-10-7-12-11(18-2-1-3-19-12)6-9(10)14(16)13-8-17-4-5-20-13/h6-7,13-14,16H,1-5,8H2. The Hall–Kier alpha value is -0.820. The minimum absolute atomic E-state index is 0.357. The van der Waals surface area contributed by atoms with Crippen LogP contribution in [-0.4, -0.2) is 44.2 Å². The molecule has 1 N–H and O–H groups in total. The van der Waals surface area contributed by atoms with Crippen LogP contribution in [0.4, 0.5) is 0 Å². The van der Waals surface area contributed by atoms with Gasteiger partial charge >= 0.3 is 0 Å². The van der Waals surface area contributed by atoms with Gasteiger partial charge in [0.15, 0.2) is 11.5 Å².